The third-order valence-electron chi connectivity index (χ3n) is 3.50. The van der Waals surface area contributed by atoms with E-state index in [4.69, 9.17) is 0 Å². The van der Waals surface area contributed by atoms with Crippen LogP contribution in [0.15, 0.2) is 18.3 Å². The Hall–Kier alpha value is -1.58. The van der Waals surface area contributed by atoms with E-state index in [9.17, 15) is 0 Å². The largest absolute Gasteiger partial charge is 0.350 e. The lowest BCUT2D eigenvalue weighted by Crippen LogP contribution is -2.22. The monoisotopic (exact) mass is 230 g/mol. The van der Waals surface area contributed by atoms with Crippen molar-refractivity contribution in [1.82, 2.24) is 14.6 Å². The standard InChI is InChI=1S/C13H18N4/c1-10-6-5-9-17-12(10)15-13(16-17)14-11-7-3-2-4-8-11/h5-6,9,11H,2-4,7-8H2,1H3,(H,14,16). The van der Waals surface area contributed by atoms with Gasteiger partial charge in [0.2, 0.25) is 5.95 Å². The van der Waals surface area contributed by atoms with E-state index in [1.165, 1.54) is 32.1 Å². The van der Waals surface area contributed by atoms with Gasteiger partial charge < -0.3 is 5.32 Å². The van der Waals surface area contributed by atoms with Crippen molar-refractivity contribution in [3.63, 3.8) is 0 Å². The number of hydrogen-bond acceptors (Lipinski definition) is 3. The maximum atomic E-state index is 4.55. The quantitative estimate of drug-likeness (QED) is 0.862. The molecule has 2 aromatic heterocycles. The molecule has 1 fully saturated rings. The minimum atomic E-state index is 0.557. The summed E-state index contributed by atoms with van der Waals surface area (Å²) in [6.45, 7) is 2.06. The van der Waals surface area contributed by atoms with Gasteiger partial charge >= 0.3 is 0 Å². The second-order valence-corrected chi connectivity index (χ2v) is 4.87. The van der Waals surface area contributed by atoms with Gasteiger partial charge in [-0.05, 0) is 31.4 Å². The normalized spacial score (nSPS) is 17.5. The van der Waals surface area contributed by atoms with Crippen LogP contribution in [0.25, 0.3) is 5.65 Å². The van der Waals surface area contributed by atoms with Crippen molar-refractivity contribution in [2.75, 3.05) is 5.32 Å². The molecule has 17 heavy (non-hydrogen) atoms. The fourth-order valence-electron chi connectivity index (χ4n) is 2.53. The van der Waals surface area contributed by atoms with Crippen LogP contribution in [-0.2, 0) is 0 Å². The molecule has 1 aliphatic carbocycles. The first kappa shape index (κ1) is 10.6. The van der Waals surface area contributed by atoms with Gasteiger partial charge in [-0.25, -0.2) is 4.52 Å². The van der Waals surface area contributed by atoms with Gasteiger partial charge in [-0.15, -0.1) is 5.10 Å². The van der Waals surface area contributed by atoms with E-state index in [0.29, 0.717) is 6.04 Å². The van der Waals surface area contributed by atoms with E-state index >= 15 is 0 Å². The van der Waals surface area contributed by atoms with Crippen LogP contribution < -0.4 is 5.32 Å². The van der Waals surface area contributed by atoms with E-state index in [1.807, 2.05) is 16.8 Å². The average molecular weight is 230 g/mol. The predicted molar refractivity (Wildman–Crippen MR) is 68.2 cm³/mol. The molecule has 0 bridgehead atoms. The molecule has 3 rings (SSSR count). The third kappa shape index (κ3) is 2.12. The van der Waals surface area contributed by atoms with Gasteiger partial charge in [0, 0.05) is 12.2 Å². The van der Waals surface area contributed by atoms with Crippen LogP contribution >= 0.6 is 0 Å². The zero-order valence-corrected chi connectivity index (χ0v) is 10.2. The minimum Gasteiger partial charge on any atom is -0.350 e. The Kier molecular flexibility index (Phi) is 2.71. The molecule has 1 N–H and O–H groups in total. The predicted octanol–water partition coefficient (Wildman–Crippen LogP) is 2.78. The molecular formula is C13H18N4. The number of nitrogens with one attached hydrogen (secondary N) is 1. The van der Waals surface area contributed by atoms with Crippen molar-refractivity contribution in [1.29, 1.82) is 0 Å². The average Bonchev–Trinajstić information content (AvgIpc) is 2.74. The maximum absolute atomic E-state index is 4.55. The van der Waals surface area contributed by atoms with E-state index in [2.05, 4.69) is 28.4 Å². The van der Waals surface area contributed by atoms with Crippen LogP contribution in [0, 0.1) is 6.92 Å². The van der Waals surface area contributed by atoms with Crippen LogP contribution in [0.3, 0.4) is 0 Å². The smallest absolute Gasteiger partial charge is 0.243 e. The van der Waals surface area contributed by atoms with Crippen LogP contribution in [0.1, 0.15) is 37.7 Å². The number of aromatic nitrogens is 3. The zero-order valence-electron chi connectivity index (χ0n) is 10.2. The lowest BCUT2D eigenvalue weighted by molar-refractivity contribution is 0.461. The fraction of sp³-hybridized carbons (Fsp3) is 0.538. The molecule has 0 spiro atoms. The van der Waals surface area contributed by atoms with E-state index < -0.39 is 0 Å². The number of nitrogens with zero attached hydrogens (tertiary/aromatic N) is 3. The first-order valence-electron chi connectivity index (χ1n) is 6.41. The van der Waals surface area contributed by atoms with Crippen LogP contribution in [-0.4, -0.2) is 20.6 Å². The highest BCUT2D eigenvalue weighted by Gasteiger charge is 2.15. The maximum Gasteiger partial charge on any atom is 0.243 e. The lowest BCUT2D eigenvalue weighted by atomic mass is 9.96. The summed E-state index contributed by atoms with van der Waals surface area (Å²) in [4.78, 5) is 4.55. The van der Waals surface area contributed by atoms with Crippen LogP contribution in [0.2, 0.25) is 0 Å². The summed E-state index contributed by atoms with van der Waals surface area (Å²) in [6, 6.07) is 4.62. The highest BCUT2D eigenvalue weighted by Crippen LogP contribution is 2.20. The highest BCUT2D eigenvalue weighted by molar-refractivity contribution is 5.49. The van der Waals surface area contributed by atoms with Crippen molar-refractivity contribution in [3.05, 3.63) is 23.9 Å². The zero-order chi connectivity index (χ0) is 11.7. The van der Waals surface area contributed by atoms with Gasteiger partial charge in [0.15, 0.2) is 5.65 Å². The molecule has 2 heterocycles. The Morgan fingerprint density at radius 2 is 2.12 bits per heavy atom. The van der Waals surface area contributed by atoms with Gasteiger partial charge in [-0.1, -0.05) is 25.3 Å². The molecule has 1 saturated carbocycles. The van der Waals surface area contributed by atoms with E-state index in [-0.39, 0.29) is 0 Å². The van der Waals surface area contributed by atoms with Crippen molar-refractivity contribution in [2.45, 2.75) is 45.1 Å². The summed E-state index contributed by atoms with van der Waals surface area (Å²) in [5.74, 6) is 0.770. The molecule has 0 unspecified atom stereocenters. The summed E-state index contributed by atoms with van der Waals surface area (Å²) in [5.41, 5.74) is 2.11. The minimum absolute atomic E-state index is 0.557. The highest BCUT2D eigenvalue weighted by atomic mass is 15.3. The molecule has 4 heteroatoms. The number of rotatable bonds is 2. The summed E-state index contributed by atoms with van der Waals surface area (Å²) < 4.78 is 1.85. The van der Waals surface area contributed by atoms with Gasteiger partial charge in [0.25, 0.3) is 0 Å². The first-order chi connectivity index (χ1) is 8.33. The molecular weight excluding hydrogens is 212 g/mol. The molecule has 4 nitrogen and oxygen atoms in total. The molecule has 0 aromatic carbocycles. The second-order valence-electron chi connectivity index (χ2n) is 4.87. The number of anilines is 1. The van der Waals surface area contributed by atoms with Gasteiger partial charge in [0.1, 0.15) is 0 Å². The van der Waals surface area contributed by atoms with Crippen molar-refractivity contribution < 1.29 is 0 Å². The van der Waals surface area contributed by atoms with Crippen LogP contribution in [0.5, 0.6) is 0 Å². The molecule has 0 atom stereocenters. The second kappa shape index (κ2) is 4.35. The van der Waals surface area contributed by atoms with Crippen molar-refractivity contribution >= 4 is 11.6 Å². The summed E-state index contributed by atoms with van der Waals surface area (Å²) in [5, 5.41) is 7.92. The number of aryl methyl sites for hydroxylation is 1. The fourth-order valence-corrected chi connectivity index (χ4v) is 2.53. The third-order valence-corrected chi connectivity index (χ3v) is 3.50. The van der Waals surface area contributed by atoms with Crippen molar-refractivity contribution in [2.24, 2.45) is 0 Å². The molecule has 0 radical (unpaired) electrons. The Bertz CT molecular complexity index is 511. The molecule has 2 aromatic rings. The van der Waals surface area contributed by atoms with Gasteiger partial charge in [0.05, 0.1) is 0 Å². The Morgan fingerprint density at radius 1 is 1.29 bits per heavy atom. The molecule has 0 amide bonds. The Balaban J connectivity index is 1.83. The van der Waals surface area contributed by atoms with Gasteiger partial charge in [-0.3, -0.25) is 0 Å². The van der Waals surface area contributed by atoms with Gasteiger partial charge in [-0.2, -0.15) is 4.98 Å². The first-order valence-corrected chi connectivity index (χ1v) is 6.41. The Labute approximate surface area is 101 Å². The summed E-state index contributed by atoms with van der Waals surface area (Å²) in [6.07, 6.45) is 8.45. The van der Waals surface area contributed by atoms with E-state index in [0.717, 1.165) is 17.2 Å². The summed E-state index contributed by atoms with van der Waals surface area (Å²) in [7, 11) is 0. The number of pyridine rings is 1. The number of fused-ring (bicyclic) bond motifs is 1. The molecule has 1 aliphatic rings. The van der Waals surface area contributed by atoms with Crippen molar-refractivity contribution in [3.8, 4) is 0 Å². The Morgan fingerprint density at radius 3 is 2.88 bits per heavy atom. The van der Waals surface area contributed by atoms with E-state index in [1.54, 1.807) is 0 Å². The lowest BCUT2D eigenvalue weighted by Gasteiger charge is -2.21. The topological polar surface area (TPSA) is 42.2 Å². The molecule has 0 aliphatic heterocycles. The molecule has 90 valence electrons. The summed E-state index contributed by atoms with van der Waals surface area (Å²) >= 11 is 0. The number of hydrogen-bond donors (Lipinski definition) is 1. The van der Waals surface area contributed by atoms with Crippen LogP contribution in [0.4, 0.5) is 5.95 Å². The SMILES string of the molecule is Cc1cccn2nc(NC3CCCCC3)nc12. The molecule has 0 saturated heterocycles.